The van der Waals surface area contributed by atoms with E-state index in [1.54, 1.807) is 0 Å². The van der Waals surface area contributed by atoms with Crippen LogP contribution in [0.1, 0.15) is 106 Å². The first-order chi connectivity index (χ1) is 12.9. The zero-order chi connectivity index (χ0) is 20.3. The molecule has 27 heavy (non-hydrogen) atoms. The predicted octanol–water partition coefficient (Wildman–Crippen LogP) is 6.78. The van der Waals surface area contributed by atoms with Gasteiger partial charge in [-0.1, -0.05) is 80.1 Å². The average Bonchev–Trinajstić information content (AvgIpc) is 2.68. The Balaban J connectivity index is 3.11. The molecule has 160 valence electrons. The lowest BCUT2D eigenvalue weighted by Gasteiger charge is -2.44. The fourth-order valence-corrected chi connectivity index (χ4v) is 4.84. The highest BCUT2D eigenvalue weighted by Gasteiger charge is 2.49. The van der Waals surface area contributed by atoms with Crippen LogP contribution in [0.4, 0.5) is 0 Å². The van der Waals surface area contributed by atoms with Gasteiger partial charge in [0.15, 0.2) is 5.60 Å². The topological polar surface area (TPSA) is 35.5 Å². The fraction of sp³-hybridized carbons (Fsp3) is 0.958. The van der Waals surface area contributed by atoms with Crippen LogP contribution in [0, 0.1) is 23.7 Å². The number of ether oxygens (including phenoxy) is 2. The van der Waals surface area contributed by atoms with Crippen molar-refractivity contribution in [1.82, 2.24) is 0 Å². The highest BCUT2D eigenvalue weighted by Crippen LogP contribution is 2.43. The van der Waals surface area contributed by atoms with E-state index in [4.69, 9.17) is 9.47 Å². The summed E-state index contributed by atoms with van der Waals surface area (Å²) >= 11 is 0. The minimum atomic E-state index is -0.781. The first-order valence-corrected chi connectivity index (χ1v) is 11.7. The largest absolute Gasteiger partial charge is 0.464 e. The quantitative estimate of drug-likeness (QED) is 0.329. The van der Waals surface area contributed by atoms with Crippen LogP contribution in [0.2, 0.25) is 0 Å². The molecule has 3 atom stereocenters. The van der Waals surface area contributed by atoms with E-state index in [0.717, 1.165) is 25.7 Å². The zero-order valence-corrected chi connectivity index (χ0v) is 19.0. The maximum Gasteiger partial charge on any atom is 0.338 e. The highest BCUT2D eigenvalue weighted by atomic mass is 16.6. The van der Waals surface area contributed by atoms with Gasteiger partial charge in [0.25, 0.3) is 0 Å². The summed E-state index contributed by atoms with van der Waals surface area (Å²) in [7, 11) is 0. The molecule has 0 amide bonds. The Kier molecular flexibility index (Phi) is 11.6. The second-order valence-electron chi connectivity index (χ2n) is 9.06. The van der Waals surface area contributed by atoms with Crippen molar-refractivity contribution < 1.29 is 14.3 Å². The zero-order valence-electron chi connectivity index (χ0n) is 19.0. The van der Waals surface area contributed by atoms with Gasteiger partial charge in [-0.25, -0.2) is 4.79 Å². The van der Waals surface area contributed by atoms with Gasteiger partial charge in [0, 0.05) is 12.5 Å². The van der Waals surface area contributed by atoms with E-state index in [9.17, 15) is 4.79 Å². The number of hydrogen-bond acceptors (Lipinski definition) is 3. The number of rotatable bonds is 13. The van der Waals surface area contributed by atoms with Gasteiger partial charge in [-0.05, 0) is 43.4 Å². The molecule has 0 aromatic rings. The van der Waals surface area contributed by atoms with Crippen LogP contribution in [-0.4, -0.2) is 24.8 Å². The van der Waals surface area contributed by atoms with Crippen molar-refractivity contribution in [1.29, 1.82) is 0 Å². The van der Waals surface area contributed by atoms with Gasteiger partial charge in [0.05, 0.1) is 6.61 Å². The molecule has 1 saturated carbocycles. The van der Waals surface area contributed by atoms with Crippen molar-refractivity contribution in [2.45, 2.75) is 111 Å². The maximum atomic E-state index is 13.3. The lowest BCUT2D eigenvalue weighted by molar-refractivity contribution is -0.189. The van der Waals surface area contributed by atoms with Crippen LogP contribution in [0.3, 0.4) is 0 Å². The van der Waals surface area contributed by atoms with Crippen molar-refractivity contribution in [3.8, 4) is 0 Å². The van der Waals surface area contributed by atoms with E-state index in [1.807, 2.05) is 0 Å². The standard InChI is InChI=1S/C24H46O3/c1-7-13-22(20(6)21-14-11-10-12-15-21)24(9-3,23(25)26-17-8-2)27-18-16-19(4)5/h19-22H,7-18H2,1-6H3. The van der Waals surface area contributed by atoms with Gasteiger partial charge in [-0.3, -0.25) is 0 Å². The molecule has 0 aromatic carbocycles. The van der Waals surface area contributed by atoms with Crippen LogP contribution in [0.15, 0.2) is 0 Å². The normalized spacial score (nSPS) is 20.3. The van der Waals surface area contributed by atoms with Gasteiger partial charge in [0.2, 0.25) is 0 Å². The summed E-state index contributed by atoms with van der Waals surface area (Å²) in [5.41, 5.74) is -0.781. The minimum absolute atomic E-state index is 0.114. The third-order valence-electron chi connectivity index (χ3n) is 6.59. The molecule has 1 rings (SSSR count). The summed E-state index contributed by atoms with van der Waals surface area (Å²) in [5.74, 6) is 1.92. The summed E-state index contributed by atoms with van der Waals surface area (Å²) in [6.45, 7) is 14.3. The second kappa shape index (κ2) is 12.8. The van der Waals surface area contributed by atoms with Crippen LogP contribution in [-0.2, 0) is 14.3 Å². The lowest BCUT2D eigenvalue weighted by Crippen LogP contribution is -2.52. The Labute approximate surface area is 169 Å². The van der Waals surface area contributed by atoms with Gasteiger partial charge >= 0.3 is 5.97 Å². The van der Waals surface area contributed by atoms with E-state index >= 15 is 0 Å². The molecule has 1 aliphatic carbocycles. The summed E-state index contributed by atoms with van der Waals surface area (Å²) in [6, 6.07) is 0. The molecule has 1 aliphatic rings. The number of esters is 1. The van der Waals surface area contributed by atoms with Gasteiger partial charge in [0.1, 0.15) is 0 Å². The highest BCUT2D eigenvalue weighted by molar-refractivity contribution is 5.80. The van der Waals surface area contributed by atoms with E-state index in [0.29, 0.717) is 37.4 Å². The molecule has 0 aromatic heterocycles. The number of carbonyl (C=O) groups excluding carboxylic acids is 1. The van der Waals surface area contributed by atoms with Crippen LogP contribution in [0.5, 0.6) is 0 Å². The number of hydrogen-bond donors (Lipinski definition) is 0. The summed E-state index contributed by atoms with van der Waals surface area (Å²) in [4.78, 5) is 13.3. The molecular formula is C24H46O3. The third kappa shape index (κ3) is 7.07. The molecule has 0 spiro atoms. The molecule has 3 nitrogen and oxygen atoms in total. The van der Waals surface area contributed by atoms with Crippen LogP contribution < -0.4 is 0 Å². The van der Waals surface area contributed by atoms with Crippen molar-refractivity contribution >= 4 is 5.97 Å². The van der Waals surface area contributed by atoms with E-state index in [-0.39, 0.29) is 11.9 Å². The molecule has 0 radical (unpaired) electrons. The van der Waals surface area contributed by atoms with Crippen LogP contribution in [0.25, 0.3) is 0 Å². The molecule has 0 bridgehead atoms. The van der Waals surface area contributed by atoms with Gasteiger partial charge < -0.3 is 9.47 Å². The Morgan fingerprint density at radius 1 is 0.963 bits per heavy atom. The monoisotopic (exact) mass is 382 g/mol. The van der Waals surface area contributed by atoms with Gasteiger partial charge in [-0.2, -0.15) is 0 Å². The maximum absolute atomic E-state index is 13.3. The predicted molar refractivity (Wildman–Crippen MR) is 114 cm³/mol. The Morgan fingerprint density at radius 2 is 1.63 bits per heavy atom. The van der Waals surface area contributed by atoms with Crippen molar-refractivity contribution in [3.05, 3.63) is 0 Å². The van der Waals surface area contributed by atoms with E-state index in [2.05, 4.69) is 41.5 Å². The summed E-state index contributed by atoms with van der Waals surface area (Å²) in [6.07, 6.45) is 11.3. The third-order valence-corrected chi connectivity index (χ3v) is 6.59. The molecule has 0 saturated heterocycles. The first kappa shape index (κ1) is 24.5. The van der Waals surface area contributed by atoms with Gasteiger partial charge in [-0.15, -0.1) is 0 Å². The molecule has 1 fully saturated rings. The lowest BCUT2D eigenvalue weighted by atomic mass is 9.67. The van der Waals surface area contributed by atoms with Crippen molar-refractivity contribution in [2.75, 3.05) is 13.2 Å². The Hall–Kier alpha value is -0.570. The van der Waals surface area contributed by atoms with E-state index in [1.165, 1.54) is 32.1 Å². The molecule has 0 aliphatic heterocycles. The van der Waals surface area contributed by atoms with Crippen LogP contribution >= 0.6 is 0 Å². The molecule has 0 heterocycles. The molecular weight excluding hydrogens is 336 g/mol. The summed E-state index contributed by atoms with van der Waals surface area (Å²) in [5, 5.41) is 0. The Morgan fingerprint density at radius 3 is 2.15 bits per heavy atom. The van der Waals surface area contributed by atoms with Crippen molar-refractivity contribution in [2.24, 2.45) is 23.7 Å². The van der Waals surface area contributed by atoms with Crippen molar-refractivity contribution in [3.63, 3.8) is 0 Å². The SMILES string of the molecule is CCCOC(=O)C(CC)(OCCC(C)C)C(CCC)C(C)C1CCCCC1. The summed E-state index contributed by atoms with van der Waals surface area (Å²) < 4.78 is 12.2. The fourth-order valence-electron chi connectivity index (χ4n) is 4.84. The minimum Gasteiger partial charge on any atom is -0.464 e. The molecule has 0 N–H and O–H groups in total. The molecule has 3 heteroatoms. The Bertz CT molecular complexity index is 400. The first-order valence-electron chi connectivity index (χ1n) is 11.7. The molecule has 3 unspecified atom stereocenters. The van der Waals surface area contributed by atoms with E-state index < -0.39 is 5.60 Å². The smallest absolute Gasteiger partial charge is 0.338 e. The number of carbonyl (C=O) groups is 1. The second-order valence-corrected chi connectivity index (χ2v) is 9.06. The average molecular weight is 383 g/mol.